The van der Waals surface area contributed by atoms with Gasteiger partial charge in [0.2, 0.25) is 5.91 Å². The van der Waals surface area contributed by atoms with Crippen molar-refractivity contribution >= 4 is 45.8 Å². The van der Waals surface area contributed by atoms with Gasteiger partial charge >= 0.3 is 12.1 Å². The van der Waals surface area contributed by atoms with E-state index in [1.165, 1.54) is 24.3 Å². The highest BCUT2D eigenvalue weighted by molar-refractivity contribution is 6.01. The molecule has 0 bridgehead atoms. The number of aliphatic hydroxyl groups is 1. The van der Waals surface area contributed by atoms with Gasteiger partial charge in [0.25, 0.3) is 0 Å². The SMILES string of the molecule is C[C@H]1CN([C@@H](C)CO)C(=O)Cc2cc(NC(=O)Nc3ccc(F)cc3)ccc2O[C@H]1CN(C)C(=O)Nc1cccc2ccccc12. The minimum atomic E-state index is -0.539. The molecule has 0 spiro atoms. The number of nitrogens with one attached hydrogen (secondary N) is 3. The third-order valence-corrected chi connectivity index (χ3v) is 8.11. The number of urea groups is 2. The number of carbonyl (C=O) groups excluding carboxylic acids is 3. The number of aliphatic hydroxyl groups excluding tert-OH is 1. The minimum absolute atomic E-state index is 0.0222. The van der Waals surface area contributed by atoms with Crippen molar-refractivity contribution in [2.24, 2.45) is 5.92 Å². The van der Waals surface area contributed by atoms with Crippen LogP contribution in [0.4, 0.5) is 31.0 Å². The second-order valence-electron chi connectivity index (χ2n) is 11.6. The maximum atomic E-state index is 13.5. The van der Waals surface area contributed by atoms with Crippen LogP contribution >= 0.6 is 0 Å². The number of hydrogen-bond donors (Lipinski definition) is 4. The van der Waals surface area contributed by atoms with E-state index in [0.717, 1.165) is 10.8 Å². The van der Waals surface area contributed by atoms with Crippen molar-refractivity contribution in [3.05, 3.63) is 96.3 Å². The van der Waals surface area contributed by atoms with Crippen molar-refractivity contribution in [2.75, 3.05) is 42.7 Å². The Labute approximate surface area is 267 Å². The van der Waals surface area contributed by atoms with Crippen molar-refractivity contribution < 1.29 is 28.6 Å². The van der Waals surface area contributed by atoms with E-state index in [1.807, 2.05) is 49.4 Å². The maximum absolute atomic E-state index is 13.5. The molecule has 5 amide bonds. The lowest BCUT2D eigenvalue weighted by Crippen LogP contribution is -2.48. The highest BCUT2D eigenvalue weighted by Crippen LogP contribution is 2.30. The summed E-state index contributed by atoms with van der Waals surface area (Å²) in [6, 6.07) is 22.7. The second kappa shape index (κ2) is 14.3. The van der Waals surface area contributed by atoms with Crippen LogP contribution in [-0.4, -0.2) is 71.8 Å². The Morgan fingerprint density at radius 2 is 1.70 bits per heavy atom. The summed E-state index contributed by atoms with van der Waals surface area (Å²) in [7, 11) is 1.69. The lowest BCUT2D eigenvalue weighted by atomic mass is 10.0. The number of halogens is 1. The fraction of sp³-hybridized carbons (Fsp3) is 0.286. The first-order valence-electron chi connectivity index (χ1n) is 15.1. The van der Waals surface area contributed by atoms with Gasteiger partial charge in [0, 0.05) is 41.8 Å². The van der Waals surface area contributed by atoms with E-state index in [9.17, 15) is 23.9 Å². The molecule has 1 aliphatic rings. The van der Waals surface area contributed by atoms with Crippen LogP contribution in [0.1, 0.15) is 19.4 Å². The zero-order valence-electron chi connectivity index (χ0n) is 26.0. The van der Waals surface area contributed by atoms with Crippen LogP contribution in [0.5, 0.6) is 5.75 Å². The third kappa shape index (κ3) is 7.73. The van der Waals surface area contributed by atoms with Gasteiger partial charge in [0.05, 0.1) is 31.3 Å². The molecule has 240 valence electrons. The van der Waals surface area contributed by atoms with Gasteiger partial charge in [-0.3, -0.25) is 4.79 Å². The molecule has 4 aromatic rings. The first-order chi connectivity index (χ1) is 22.1. The zero-order valence-corrected chi connectivity index (χ0v) is 26.0. The molecule has 4 N–H and O–H groups in total. The molecule has 0 aliphatic carbocycles. The standard InChI is InChI=1S/C35H38FN5O5/c1-22-19-41(23(2)21-42)33(43)18-25-17-28(38-34(44)37-27-13-11-26(36)12-14-27)15-16-31(25)46-32(22)20-40(3)35(45)39-30-10-6-8-24-7-4-5-9-29(24)30/h4-17,22-23,32,42H,18-21H2,1-3H3,(H,39,45)(H2,37,38,44)/t22-,23-,32-/m0/s1. The van der Waals surface area contributed by atoms with Crippen LogP contribution in [-0.2, 0) is 11.2 Å². The van der Waals surface area contributed by atoms with Gasteiger partial charge in [-0.05, 0) is 60.8 Å². The fourth-order valence-corrected chi connectivity index (χ4v) is 5.45. The summed E-state index contributed by atoms with van der Waals surface area (Å²) < 4.78 is 19.8. The van der Waals surface area contributed by atoms with Gasteiger partial charge in [-0.15, -0.1) is 0 Å². The molecule has 4 aromatic carbocycles. The van der Waals surface area contributed by atoms with E-state index in [4.69, 9.17) is 4.74 Å². The lowest BCUT2D eigenvalue weighted by Gasteiger charge is -2.34. The number of carbonyl (C=O) groups is 3. The van der Waals surface area contributed by atoms with Crippen LogP contribution in [0.25, 0.3) is 10.8 Å². The third-order valence-electron chi connectivity index (χ3n) is 8.11. The molecule has 46 heavy (non-hydrogen) atoms. The predicted octanol–water partition coefficient (Wildman–Crippen LogP) is 5.94. The van der Waals surface area contributed by atoms with Crippen molar-refractivity contribution in [2.45, 2.75) is 32.4 Å². The Bertz CT molecular complexity index is 1710. The van der Waals surface area contributed by atoms with Gasteiger partial charge in [-0.25, -0.2) is 14.0 Å². The van der Waals surface area contributed by atoms with E-state index in [2.05, 4.69) is 16.0 Å². The van der Waals surface area contributed by atoms with Crippen molar-refractivity contribution in [1.29, 1.82) is 0 Å². The highest BCUT2D eigenvalue weighted by Gasteiger charge is 2.32. The predicted molar refractivity (Wildman–Crippen MR) is 177 cm³/mol. The summed E-state index contributed by atoms with van der Waals surface area (Å²) in [5.74, 6) is -0.372. The molecule has 0 fully saturated rings. The zero-order chi connectivity index (χ0) is 32.8. The lowest BCUT2D eigenvalue weighted by molar-refractivity contribution is -0.134. The Balaban J connectivity index is 1.36. The Kier molecular flexibility index (Phi) is 10.0. The van der Waals surface area contributed by atoms with Gasteiger partial charge in [0.15, 0.2) is 0 Å². The van der Waals surface area contributed by atoms with Crippen LogP contribution in [0.15, 0.2) is 84.9 Å². The monoisotopic (exact) mass is 627 g/mol. The summed E-state index contributed by atoms with van der Waals surface area (Å²) in [6.07, 6.45) is -0.534. The van der Waals surface area contributed by atoms with E-state index >= 15 is 0 Å². The average molecular weight is 628 g/mol. The van der Waals surface area contributed by atoms with E-state index in [1.54, 1.807) is 42.0 Å². The normalized spacial score (nSPS) is 17.1. The quantitative estimate of drug-likeness (QED) is 0.202. The van der Waals surface area contributed by atoms with E-state index in [-0.39, 0.29) is 37.4 Å². The van der Waals surface area contributed by atoms with Gasteiger partial charge in [0.1, 0.15) is 17.7 Å². The summed E-state index contributed by atoms with van der Waals surface area (Å²) in [5, 5.41) is 20.3. The Morgan fingerprint density at radius 3 is 2.46 bits per heavy atom. The number of anilines is 3. The van der Waals surface area contributed by atoms with Gasteiger partial charge in [-0.1, -0.05) is 43.3 Å². The van der Waals surface area contributed by atoms with Crippen LogP contribution in [0.2, 0.25) is 0 Å². The molecule has 0 unspecified atom stereocenters. The van der Waals surface area contributed by atoms with Crippen molar-refractivity contribution in [3.8, 4) is 5.75 Å². The molecule has 5 rings (SSSR count). The molecule has 10 nitrogen and oxygen atoms in total. The van der Waals surface area contributed by atoms with Gasteiger partial charge in [-0.2, -0.15) is 0 Å². The maximum Gasteiger partial charge on any atom is 0.323 e. The minimum Gasteiger partial charge on any atom is -0.488 e. The van der Waals surface area contributed by atoms with Crippen molar-refractivity contribution in [3.63, 3.8) is 0 Å². The summed E-state index contributed by atoms with van der Waals surface area (Å²) in [5.41, 5.74) is 2.08. The topological polar surface area (TPSA) is 123 Å². The first-order valence-corrected chi connectivity index (χ1v) is 15.1. The molecule has 0 radical (unpaired) electrons. The summed E-state index contributed by atoms with van der Waals surface area (Å²) in [4.78, 5) is 42.7. The molecular weight excluding hydrogens is 589 g/mol. The van der Waals surface area contributed by atoms with Crippen LogP contribution in [0, 0.1) is 11.7 Å². The molecule has 0 aromatic heterocycles. The van der Waals surface area contributed by atoms with E-state index in [0.29, 0.717) is 34.9 Å². The van der Waals surface area contributed by atoms with Crippen LogP contribution < -0.4 is 20.7 Å². The number of fused-ring (bicyclic) bond motifs is 2. The molecule has 3 atom stereocenters. The number of ether oxygens (including phenoxy) is 1. The number of hydrogen-bond acceptors (Lipinski definition) is 5. The van der Waals surface area contributed by atoms with Crippen molar-refractivity contribution in [1.82, 2.24) is 9.80 Å². The first kappa shape index (κ1) is 32.2. The molecular formula is C35H38FN5O5. The second-order valence-corrected chi connectivity index (χ2v) is 11.6. The van der Waals surface area contributed by atoms with E-state index < -0.39 is 24.0 Å². The summed E-state index contributed by atoms with van der Waals surface area (Å²) >= 11 is 0. The highest BCUT2D eigenvalue weighted by atomic mass is 19.1. The van der Waals surface area contributed by atoms with Gasteiger partial charge < -0.3 is 35.6 Å². The molecule has 0 saturated heterocycles. The van der Waals surface area contributed by atoms with Crippen LogP contribution in [0.3, 0.4) is 0 Å². The average Bonchev–Trinajstić information content (AvgIpc) is 3.09. The number of nitrogens with zero attached hydrogens (tertiary/aromatic N) is 2. The number of rotatable bonds is 7. The molecule has 1 heterocycles. The smallest absolute Gasteiger partial charge is 0.323 e. The number of benzene rings is 4. The fourth-order valence-electron chi connectivity index (χ4n) is 5.45. The molecule has 0 saturated carbocycles. The summed E-state index contributed by atoms with van der Waals surface area (Å²) in [6.45, 7) is 4.04. The molecule has 11 heteroatoms. The Hall–Kier alpha value is -5.16. The largest absolute Gasteiger partial charge is 0.488 e. The number of amides is 5. The Morgan fingerprint density at radius 1 is 1.00 bits per heavy atom. The number of likely N-dealkylation sites (N-methyl/N-ethyl adjacent to an activating group) is 1. The molecule has 1 aliphatic heterocycles.